The summed E-state index contributed by atoms with van der Waals surface area (Å²) >= 11 is 0. The molecule has 1 saturated carbocycles. The average Bonchev–Trinajstić information content (AvgIpc) is 3.30. The van der Waals surface area contributed by atoms with E-state index in [2.05, 4.69) is 31.6 Å². The van der Waals surface area contributed by atoms with Crippen molar-refractivity contribution in [1.29, 1.82) is 0 Å². The van der Waals surface area contributed by atoms with E-state index in [1.165, 1.54) is 25.7 Å². The van der Waals surface area contributed by atoms with Gasteiger partial charge >= 0.3 is 0 Å². The minimum Gasteiger partial charge on any atom is -0.361 e. The maximum atomic E-state index is 13.2. The van der Waals surface area contributed by atoms with Gasteiger partial charge in [0.05, 0.1) is 11.8 Å². The SMILES string of the molecule is CN(c1cnc2c(n1)c(C(=O)C(C)(C)C)cn2COCC[Si](C)(C)C)C1CCCC1. The first-order valence-electron chi connectivity index (χ1n) is 11.2. The van der Waals surface area contributed by atoms with Crippen molar-refractivity contribution in [3.63, 3.8) is 0 Å². The van der Waals surface area contributed by atoms with Gasteiger partial charge in [-0.15, -0.1) is 0 Å². The Kier molecular flexibility index (Phi) is 6.72. The van der Waals surface area contributed by atoms with Crippen LogP contribution in [0, 0.1) is 5.41 Å². The summed E-state index contributed by atoms with van der Waals surface area (Å²) in [4.78, 5) is 25.0. The zero-order valence-corrected chi connectivity index (χ0v) is 20.8. The molecule has 0 aliphatic heterocycles. The molecule has 2 aromatic rings. The van der Waals surface area contributed by atoms with E-state index in [4.69, 9.17) is 14.7 Å². The van der Waals surface area contributed by atoms with Crippen molar-refractivity contribution in [1.82, 2.24) is 14.5 Å². The summed E-state index contributed by atoms with van der Waals surface area (Å²) in [7, 11) is 0.949. The van der Waals surface area contributed by atoms with Gasteiger partial charge in [0, 0.05) is 39.4 Å². The standard InChI is InChI=1S/C23H38N4O2Si/c1-23(2,3)21(28)18-15-27(16-29-12-13-30(5,6)7)22-20(18)25-19(14-24-22)26(4)17-10-8-9-11-17/h14-15,17H,8-13,16H2,1-7H3. The first kappa shape index (κ1) is 22.9. The van der Waals surface area contributed by atoms with E-state index in [0.717, 1.165) is 24.1 Å². The van der Waals surface area contributed by atoms with Crippen LogP contribution in [0.3, 0.4) is 0 Å². The Morgan fingerprint density at radius 1 is 1.27 bits per heavy atom. The Bertz CT molecular complexity index is 889. The summed E-state index contributed by atoms with van der Waals surface area (Å²) < 4.78 is 7.89. The minimum absolute atomic E-state index is 0.0864. The van der Waals surface area contributed by atoms with Gasteiger partial charge in [-0.1, -0.05) is 53.3 Å². The van der Waals surface area contributed by atoms with Crippen molar-refractivity contribution in [2.45, 2.75) is 84.9 Å². The zero-order valence-electron chi connectivity index (χ0n) is 19.8. The fourth-order valence-corrected chi connectivity index (χ4v) is 4.66. The number of hydrogen-bond acceptors (Lipinski definition) is 5. The molecule has 1 aliphatic carbocycles. The lowest BCUT2D eigenvalue weighted by atomic mass is 9.87. The van der Waals surface area contributed by atoms with Crippen molar-refractivity contribution < 1.29 is 9.53 Å². The van der Waals surface area contributed by atoms with Crippen molar-refractivity contribution in [3.8, 4) is 0 Å². The Morgan fingerprint density at radius 3 is 2.53 bits per heavy atom. The molecule has 1 fully saturated rings. The highest BCUT2D eigenvalue weighted by molar-refractivity contribution is 6.76. The molecule has 0 atom stereocenters. The van der Waals surface area contributed by atoms with Gasteiger partial charge in [0.1, 0.15) is 18.1 Å². The molecule has 3 rings (SSSR count). The van der Waals surface area contributed by atoms with E-state index in [-0.39, 0.29) is 5.78 Å². The van der Waals surface area contributed by atoms with Gasteiger partial charge in [-0.05, 0) is 18.9 Å². The summed E-state index contributed by atoms with van der Waals surface area (Å²) in [5, 5.41) is 0. The van der Waals surface area contributed by atoms with Crippen molar-refractivity contribution in [3.05, 3.63) is 18.0 Å². The Labute approximate surface area is 182 Å². The molecule has 0 radical (unpaired) electrons. The number of ketones is 1. The summed E-state index contributed by atoms with van der Waals surface area (Å²) in [6.45, 7) is 14.0. The number of anilines is 1. The smallest absolute Gasteiger partial charge is 0.171 e. The van der Waals surface area contributed by atoms with E-state index in [9.17, 15) is 4.79 Å². The van der Waals surface area contributed by atoms with Crippen molar-refractivity contribution in [2.75, 3.05) is 18.6 Å². The van der Waals surface area contributed by atoms with Crippen LogP contribution in [-0.4, -0.2) is 48.1 Å². The molecule has 0 spiro atoms. The largest absolute Gasteiger partial charge is 0.361 e. The first-order chi connectivity index (χ1) is 14.0. The maximum Gasteiger partial charge on any atom is 0.171 e. The fourth-order valence-electron chi connectivity index (χ4n) is 3.90. The number of carbonyl (C=O) groups is 1. The van der Waals surface area contributed by atoms with E-state index in [1.807, 2.05) is 37.7 Å². The van der Waals surface area contributed by atoms with Crippen LogP contribution in [0.15, 0.2) is 12.4 Å². The van der Waals surface area contributed by atoms with E-state index in [1.54, 1.807) is 0 Å². The highest BCUT2D eigenvalue weighted by atomic mass is 28.3. The molecule has 30 heavy (non-hydrogen) atoms. The number of carbonyl (C=O) groups excluding carboxylic acids is 1. The second-order valence-corrected chi connectivity index (χ2v) is 16.5. The lowest BCUT2D eigenvalue weighted by molar-refractivity contribution is 0.0849. The first-order valence-corrected chi connectivity index (χ1v) is 14.9. The van der Waals surface area contributed by atoms with Crippen LogP contribution in [0.4, 0.5) is 5.82 Å². The molecule has 0 unspecified atom stereocenters. The zero-order chi connectivity index (χ0) is 22.1. The molecular formula is C23H38N4O2Si. The fraction of sp³-hybridized carbons (Fsp3) is 0.696. The van der Waals surface area contributed by atoms with Crippen LogP contribution >= 0.6 is 0 Å². The normalized spacial score (nSPS) is 15.8. The highest BCUT2D eigenvalue weighted by Crippen LogP contribution is 2.30. The highest BCUT2D eigenvalue weighted by Gasteiger charge is 2.29. The average molecular weight is 431 g/mol. The topological polar surface area (TPSA) is 60.2 Å². The predicted molar refractivity (Wildman–Crippen MR) is 126 cm³/mol. The van der Waals surface area contributed by atoms with Gasteiger partial charge in [-0.3, -0.25) is 4.79 Å². The van der Waals surface area contributed by atoms with Gasteiger partial charge in [0.2, 0.25) is 0 Å². The number of nitrogens with zero attached hydrogens (tertiary/aromatic N) is 4. The summed E-state index contributed by atoms with van der Waals surface area (Å²) in [6.07, 6.45) is 8.63. The second kappa shape index (κ2) is 8.79. The van der Waals surface area contributed by atoms with Gasteiger partial charge < -0.3 is 14.2 Å². The number of ether oxygens (including phenoxy) is 1. The molecule has 0 bridgehead atoms. The number of hydrogen-bond donors (Lipinski definition) is 0. The van der Waals surface area contributed by atoms with Crippen LogP contribution < -0.4 is 4.90 Å². The van der Waals surface area contributed by atoms with Gasteiger partial charge in [-0.25, -0.2) is 9.97 Å². The molecule has 166 valence electrons. The third kappa shape index (κ3) is 5.30. The molecule has 0 N–H and O–H groups in total. The quantitative estimate of drug-likeness (QED) is 0.321. The number of rotatable bonds is 8. The lowest BCUT2D eigenvalue weighted by Gasteiger charge is -2.25. The Balaban J connectivity index is 1.92. The Hall–Kier alpha value is -1.73. The summed E-state index contributed by atoms with van der Waals surface area (Å²) in [5.41, 5.74) is 1.57. The minimum atomic E-state index is -1.14. The molecule has 2 aromatic heterocycles. The predicted octanol–water partition coefficient (Wildman–Crippen LogP) is 5.35. The van der Waals surface area contributed by atoms with E-state index in [0.29, 0.717) is 23.9 Å². The van der Waals surface area contributed by atoms with Crippen molar-refractivity contribution in [2.24, 2.45) is 5.41 Å². The molecule has 0 aromatic carbocycles. The van der Waals surface area contributed by atoms with Crippen LogP contribution in [0.5, 0.6) is 0 Å². The summed E-state index contributed by atoms with van der Waals surface area (Å²) in [6, 6.07) is 1.62. The number of Topliss-reactive ketones (excluding diaryl/α,β-unsaturated/α-hetero) is 1. The summed E-state index contributed by atoms with van der Waals surface area (Å²) in [5.74, 6) is 0.929. The number of fused-ring (bicyclic) bond motifs is 1. The van der Waals surface area contributed by atoms with Crippen LogP contribution in [0.1, 0.15) is 56.8 Å². The van der Waals surface area contributed by atoms with E-state index < -0.39 is 13.5 Å². The van der Waals surface area contributed by atoms with Crippen molar-refractivity contribution >= 4 is 30.8 Å². The third-order valence-electron chi connectivity index (χ3n) is 5.94. The molecule has 7 heteroatoms. The molecule has 1 aliphatic rings. The van der Waals surface area contributed by atoms with Crippen LogP contribution in [0.25, 0.3) is 11.2 Å². The van der Waals surface area contributed by atoms with Gasteiger partial charge in [-0.2, -0.15) is 0 Å². The number of aromatic nitrogens is 3. The van der Waals surface area contributed by atoms with Crippen LogP contribution in [-0.2, 0) is 11.5 Å². The van der Waals surface area contributed by atoms with Gasteiger partial charge in [0.15, 0.2) is 11.4 Å². The molecule has 0 saturated heterocycles. The van der Waals surface area contributed by atoms with Gasteiger partial charge in [0.25, 0.3) is 0 Å². The third-order valence-corrected chi connectivity index (χ3v) is 7.64. The van der Waals surface area contributed by atoms with E-state index >= 15 is 0 Å². The molecule has 6 nitrogen and oxygen atoms in total. The maximum absolute atomic E-state index is 13.2. The Morgan fingerprint density at radius 2 is 1.93 bits per heavy atom. The lowest BCUT2D eigenvalue weighted by Crippen LogP contribution is -2.29. The van der Waals surface area contributed by atoms with Crippen LogP contribution in [0.2, 0.25) is 25.7 Å². The second-order valence-electron chi connectivity index (χ2n) is 10.9. The molecule has 0 amide bonds. The molecule has 2 heterocycles. The monoisotopic (exact) mass is 430 g/mol. The molecular weight excluding hydrogens is 392 g/mol.